The zero-order chi connectivity index (χ0) is 25.2. The second-order valence-electron chi connectivity index (χ2n) is 8.72. The second kappa shape index (κ2) is 12.9. The molecule has 0 fully saturated rings. The summed E-state index contributed by atoms with van der Waals surface area (Å²) in [6.07, 6.45) is 1.04. The normalized spacial score (nSPS) is 13.9. The van der Waals surface area contributed by atoms with Gasteiger partial charge in [0.25, 0.3) is 0 Å². The molecule has 8 nitrogen and oxygen atoms in total. The average Bonchev–Trinajstić information content (AvgIpc) is 3.18. The number of aliphatic carboxylic acids is 1. The molecule has 188 valence electrons. The lowest BCUT2D eigenvalue weighted by atomic mass is 9.96. The van der Waals surface area contributed by atoms with Crippen molar-refractivity contribution in [1.29, 1.82) is 0 Å². The first-order valence-corrected chi connectivity index (χ1v) is 12.1. The van der Waals surface area contributed by atoms with Crippen molar-refractivity contribution in [1.82, 2.24) is 10.6 Å². The van der Waals surface area contributed by atoms with Crippen molar-refractivity contribution >= 4 is 18.0 Å². The zero-order valence-corrected chi connectivity index (χ0v) is 20.3. The zero-order valence-electron chi connectivity index (χ0n) is 20.3. The Morgan fingerprint density at radius 1 is 0.971 bits per heavy atom. The molecule has 2 unspecified atom stereocenters. The average molecular weight is 483 g/mol. The molecule has 0 radical (unpaired) electrons. The van der Waals surface area contributed by atoms with Gasteiger partial charge >= 0.3 is 12.1 Å². The summed E-state index contributed by atoms with van der Waals surface area (Å²) in [5, 5.41) is 14.4. The Morgan fingerprint density at radius 2 is 1.60 bits per heavy atom. The van der Waals surface area contributed by atoms with Gasteiger partial charge in [0.15, 0.2) is 6.10 Å². The summed E-state index contributed by atoms with van der Waals surface area (Å²) in [5.41, 5.74) is 4.72. The van der Waals surface area contributed by atoms with E-state index in [0.717, 1.165) is 12.8 Å². The molecule has 0 saturated carbocycles. The van der Waals surface area contributed by atoms with Crippen LogP contribution in [0.5, 0.6) is 0 Å². The molecule has 8 heteroatoms. The maximum absolute atomic E-state index is 12.3. The smallest absolute Gasteiger partial charge is 0.407 e. The lowest BCUT2D eigenvalue weighted by molar-refractivity contribution is -0.148. The molecule has 3 rings (SSSR count). The third-order valence-electron chi connectivity index (χ3n) is 6.57. The Hall–Kier alpha value is -3.39. The lowest BCUT2D eigenvalue weighted by Gasteiger charge is -2.17. The summed E-state index contributed by atoms with van der Waals surface area (Å²) in [5.74, 6) is -1.05. The van der Waals surface area contributed by atoms with Crippen molar-refractivity contribution in [3.05, 3.63) is 59.7 Å². The SMILES string of the molecule is CCC(CCNC(=O)OCC1c2ccccc2-c2ccccc21)CCC(=O)NCC(OC)C(=O)O. The fourth-order valence-electron chi connectivity index (χ4n) is 4.48. The highest BCUT2D eigenvalue weighted by Gasteiger charge is 2.29. The number of hydrogen-bond acceptors (Lipinski definition) is 5. The number of carboxylic acids is 1. The second-order valence-corrected chi connectivity index (χ2v) is 8.72. The Labute approximate surface area is 206 Å². The van der Waals surface area contributed by atoms with Gasteiger partial charge < -0.3 is 25.2 Å². The maximum Gasteiger partial charge on any atom is 0.407 e. The van der Waals surface area contributed by atoms with Gasteiger partial charge in [-0.05, 0) is 41.0 Å². The van der Waals surface area contributed by atoms with Crippen LogP contribution in [0.25, 0.3) is 11.1 Å². The summed E-state index contributed by atoms with van der Waals surface area (Å²) < 4.78 is 10.4. The van der Waals surface area contributed by atoms with Crippen LogP contribution in [0.15, 0.2) is 48.5 Å². The molecular weight excluding hydrogens is 448 g/mol. The maximum atomic E-state index is 12.3. The number of amides is 2. The van der Waals surface area contributed by atoms with Crippen LogP contribution >= 0.6 is 0 Å². The summed E-state index contributed by atoms with van der Waals surface area (Å²) in [7, 11) is 1.29. The molecular formula is C27H34N2O6. The van der Waals surface area contributed by atoms with E-state index in [2.05, 4.69) is 34.9 Å². The third kappa shape index (κ3) is 7.05. The van der Waals surface area contributed by atoms with Crippen LogP contribution in [-0.2, 0) is 19.1 Å². The summed E-state index contributed by atoms with van der Waals surface area (Å²) in [6.45, 7) is 2.71. The number of fused-ring (bicyclic) bond motifs is 3. The van der Waals surface area contributed by atoms with E-state index >= 15 is 0 Å². The van der Waals surface area contributed by atoms with Crippen LogP contribution in [0.1, 0.15) is 49.7 Å². The first kappa shape index (κ1) is 26.2. The number of hydrogen-bond donors (Lipinski definition) is 3. The predicted octanol–water partition coefficient (Wildman–Crippen LogP) is 3.94. The molecule has 0 aliphatic heterocycles. The summed E-state index contributed by atoms with van der Waals surface area (Å²) >= 11 is 0. The molecule has 0 bridgehead atoms. The molecule has 0 spiro atoms. The van der Waals surface area contributed by atoms with Gasteiger partial charge in [-0.25, -0.2) is 9.59 Å². The van der Waals surface area contributed by atoms with Crippen LogP contribution in [0.3, 0.4) is 0 Å². The van der Waals surface area contributed by atoms with Gasteiger partial charge in [0.1, 0.15) is 6.61 Å². The van der Waals surface area contributed by atoms with E-state index in [-0.39, 0.29) is 30.9 Å². The number of methoxy groups -OCH3 is 1. The number of carbonyl (C=O) groups is 3. The quantitative estimate of drug-likeness (QED) is 0.399. The van der Waals surface area contributed by atoms with Gasteiger partial charge in [-0.2, -0.15) is 0 Å². The number of carboxylic acid groups (broad SMARTS) is 1. The largest absolute Gasteiger partial charge is 0.479 e. The molecule has 1 aliphatic carbocycles. The predicted molar refractivity (Wildman–Crippen MR) is 132 cm³/mol. The number of benzene rings is 2. The Morgan fingerprint density at radius 3 is 2.17 bits per heavy atom. The van der Waals surface area contributed by atoms with Crippen molar-refractivity contribution in [2.75, 3.05) is 26.8 Å². The Kier molecular flexibility index (Phi) is 9.66. The van der Waals surface area contributed by atoms with E-state index < -0.39 is 18.2 Å². The van der Waals surface area contributed by atoms with Crippen molar-refractivity contribution in [2.24, 2.45) is 5.92 Å². The highest BCUT2D eigenvalue weighted by atomic mass is 16.5. The number of ether oxygens (including phenoxy) is 2. The molecule has 0 heterocycles. The first-order chi connectivity index (χ1) is 16.9. The van der Waals surface area contributed by atoms with Gasteiger partial charge in [0, 0.05) is 26.0 Å². The lowest BCUT2D eigenvalue weighted by Crippen LogP contribution is -2.37. The van der Waals surface area contributed by atoms with Crippen molar-refractivity contribution in [3.63, 3.8) is 0 Å². The number of nitrogens with one attached hydrogen (secondary N) is 2. The topological polar surface area (TPSA) is 114 Å². The van der Waals surface area contributed by atoms with E-state index in [0.29, 0.717) is 19.4 Å². The molecule has 2 aromatic rings. The Bertz CT molecular complexity index is 979. The van der Waals surface area contributed by atoms with E-state index in [4.69, 9.17) is 14.6 Å². The number of carbonyl (C=O) groups excluding carboxylic acids is 2. The van der Waals surface area contributed by atoms with E-state index in [1.807, 2.05) is 31.2 Å². The molecule has 3 N–H and O–H groups in total. The van der Waals surface area contributed by atoms with Gasteiger partial charge in [-0.3, -0.25) is 4.79 Å². The first-order valence-electron chi connectivity index (χ1n) is 12.1. The van der Waals surface area contributed by atoms with Gasteiger partial charge in [0.2, 0.25) is 5.91 Å². The minimum atomic E-state index is -1.11. The van der Waals surface area contributed by atoms with Crippen molar-refractivity contribution in [3.8, 4) is 11.1 Å². The highest BCUT2D eigenvalue weighted by Crippen LogP contribution is 2.44. The van der Waals surface area contributed by atoms with Gasteiger partial charge in [-0.15, -0.1) is 0 Å². The minimum Gasteiger partial charge on any atom is -0.479 e. The van der Waals surface area contributed by atoms with Crippen LogP contribution < -0.4 is 10.6 Å². The monoisotopic (exact) mass is 482 g/mol. The highest BCUT2D eigenvalue weighted by molar-refractivity contribution is 5.79. The van der Waals surface area contributed by atoms with Crippen molar-refractivity contribution < 1.29 is 29.0 Å². The fourth-order valence-corrected chi connectivity index (χ4v) is 4.48. The standard InChI is InChI=1S/C27H34N2O6/c1-3-18(12-13-25(30)29-16-24(34-2)26(31)32)14-15-28-27(33)35-17-23-21-10-6-4-8-19(21)20-9-5-7-11-22(20)23/h4-11,18,23-24H,3,12-17H2,1-2H3,(H,28,33)(H,29,30)(H,31,32). The molecule has 0 aromatic heterocycles. The number of rotatable bonds is 13. The summed E-state index contributed by atoms with van der Waals surface area (Å²) in [4.78, 5) is 35.3. The molecule has 0 saturated heterocycles. The van der Waals surface area contributed by atoms with E-state index in [1.54, 1.807) is 0 Å². The van der Waals surface area contributed by atoms with Crippen molar-refractivity contribution in [2.45, 2.75) is 44.6 Å². The summed E-state index contributed by atoms with van der Waals surface area (Å²) in [6, 6.07) is 16.4. The third-order valence-corrected chi connectivity index (χ3v) is 6.57. The van der Waals surface area contributed by atoms with Crippen LogP contribution in [-0.4, -0.2) is 56.0 Å². The minimum absolute atomic E-state index is 0.0221. The number of alkyl carbamates (subject to hydrolysis) is 1. The molecule has 2 amide bonds. The molecule has 35 heavy (non-hydrogen) atoms. The molecule has 2 atom stereocenters. The Balaban J connectivity index is 1.38. The van der Waals surface area contributed by atoms with Crippen LogP contribution in [0, 0.1) is 5.92 Å². The van der Waals surface area contributed by atoms with E-state index in [9.17, 15) is 14.4 Å². The fraction of sp³-hybridized carbons (Fsp3) is 0.444. The molecule has 1 aliphatic rings. The van der Waals surface area contributed by atoms with Crippen LogP contribution in [0.2, 0.25) is 0 Å². The molecule has 2 aromatic carbocycles. The van der Waals surface area contributed by atoms with Gasteiger partial charge in [-0.1, -0.05) is 61.9 Å². The van der Waals surface area contributed by atoms with Crippen LogP contribution in [0.4, 0.5) is 4.79 Å². The van der Waals surface area contributed by atoms with E-state index in [1.165, 1.54) is 29.4 Å². The van der Waals surface area contributed by atoms with Gasteiger partial charge in [0.05, 0.1) is 6.54 Å².